The number of rotatable bonds is 3. The molecule has 1 aromatic heterocycles. The molecule has 0 atom stereocenters. The first kappa shape index (κ1) is 15.8. The molecule has 1 spiro atoms. The Bertz CT molecular complexity index is 581. The number of nitrogens with two attached hydrogens (primary N) is 1. The molecular formula is C17H24ClN3O. The summed E-state index contributed by atoms with van der Waals surface area (Å²) in [5.41, 5.74) is 8.87. The number of aromatic nitrogens is 1. The van der Waals surface area contributed by atoms with Crippen LogP contribution in [0.5, 0.6) is 0 Å². The molecule has 0 aromatic carbocycles. The molecule has 5 heteroatoms. The Kier molecular flexibility index (Phi) is 4.17. The highest BCUT2D eigenvalue weighted by atomic mass is 35.5. The monoisotopic (exact) mass is 321 g/mol. The first-order valence-electron chi connectivity index (χ1n) is 8.20. The van der Waals surface area contributed by atoms with Crippen molar-refractivity contribution in [2.75, 3.05) is 13.1 Å². The summed E-state index contributed by atoms with van der Waals surface area (Å²) in [5.74, 6) is 0.674. The lowest BCUT2D eigenvalue weighted by Gasteiger charge is -2.38. The molecule has 0 radical (unpaired) electrons. The van der Waals surface area contributed by atoms with Crippen molar-refractivity contribution >= 4 is 18.3 Å². The van der Waals surface area contributed by atoms with Crippen LogP contribution in [0.2, 0.25) is 0 Å². The minimum Gasteiger partial charge on any atom is -0.338 e. The van der Waals surface area contributed by atoms with Gasteiger partial charge in [-0.15, -0.1) is 12.4 Å². The van der Waals surface area contributed by atoms with E-state index in [0.717, 1.165) is 42.9 Å². The van der Waals surface area contributed by atoms with Crippen molar-refractivity contribution in [3.63, 3.8) is 0 Å². The molecule has 2 N–H and O–H groups in total. The number of carbonyl (C=O) groups excluding carboxylic acids is 1. The predicted molar refractivity (Wildman–Crippen MR) is 88.2 cm³/mol. The summed E-state index contributed by atoms with van der Waals surface area (Å²) in [6.45, 7) is 2.32. The van der Waals surface area contributed by atoms with Gasteiger partial charge in [0.05, 0.1) is 17.0 Å². The first-order valence-corrected chi connectivity index (χ1v) is 8.20. The highest BCUT2D eigenvalue weighted by Gasteiger charge is 2.44. The van der Waals surface area contributed by atoms with Crippen molar-refractivity contribution < 1.29 is 4.79 Å². The fourth-order valence-corrected chi connectivity index (χ4v) is 3.84. The number of pyridine rings is 1. The Morgan fingerprint density at radius 1 is 1.32 bits per heavy atom. The van der Waals surface area contributed by atoms with E-state index in [-0.39, 0.29) is 18.3 Å². The van der Waals surface area contributed by atoms with E-state index in [9.17, 15) is 4.79 Å². The number of amides is 1. The molecule has 3 fully saturated rings. The van der Waals surface area contributed by atoms with Crippen LogP contribution in [0.15, 0.2) is 12.1 Å². The number of likely N-dealkylation sites (tertiary alicyclic amines) is 1. The van der Waals surface area contributed by atoms with Crippen molar-refractivity contribution in [2.45, 2.75) is 51.0 Å². The van der Waals surface area contributed by atoms with Gasteiger partial charge in [-0.1, -0.05) is 6.42 Å². The molecule has 1 aliphatic heterocycles. The average molecular weight is 322 g/mol. The maximum Gasteiger partial charge on any atom is 0.255 e. The third-order valence-corrected chi connectivity index (χ3v) is 5.53. The number of nitrogens with zero attached hydrogens (tertiary/aromatic N) is 2. The van der Waals surface area contributed by atoms with Gasteiger partial charge < -0.3 is 10.6 Å². The lowest BCUT2D eigenvalue weighted by Crippen LogP contribution is -2.36. The van der Waals surface area contributed by atoms with Crippen LogP contribution in [-0.2, 0) is 6.54 Å². The van der Waals surface area contributed by atoms with E-state index in [2.05, 4.69) is 9.88 Å². The van der Waals surface area contributed by atoms with Crippen LogP contribution in [0.3, 0.4) is 0 Å². The summed E-state index contributed by atoms with van der Waals surface area (Å²) in [4.78, 5) is 19.6. The second kappa shape index (κ2) is 5.82. The van der Waals surface area contributed by atoms with Gasteiger partial charge in [0.1, 0.15) is 0 Å². The van der Waals surface area contributed by atoms with Crippen molar-refractivity contribution in [1.29, 1.82) is 0 Å². The molecule has 1 aromatic rings. The lowest BCUT2D eigenvalue weighted by molar-refractivity contribution is 0.0730. The Hall–Kier alpha value is -1.13. The minimum atomic E-state index is 0. The van der Waals surface area contributed by atoms with Crippen molar-refractivity contribution in [1.82, 2.24) is 9.88 Å². The molecule has 1 amide bonds. The maximum absolute atomic E-state index is 12.9. The van der Waals surface area contributed by atoms with Crippen molar-refractivity contribution in [3.05, 3.63) is 29.1 Å². The molecule has 2 saturated carbocycles. The minimum absolute atomic E-state index is 0. The first-order chi connectivity index (χ1) is 10.2. The summed E-state index contributed by atoms with van der Waals surface area (Å²) in [7, 11) is 0. The van der Waals surface area contributed by atoms with E-state index >= 15 is 0 Å². The largest absolute Gasteiger partial charge is 0.338 e. The predicted octanol–water partition coefficient (Wildman–Crippen LogP) is 2.86. The zero-order valence-corrected chi connectivity index (χ0v) is 13.7. The molecule has 22 heavy (non-hydrogen) atoms. The summed E-state index contributed by atoms with van der Waals surface area (Å²) in [6.07, 6.45) is 7.44. The number of carbonyl (C=O) groups is 1. The number of hydrogen-bond donors (Lipinski definition) is 1. The quantitative estimate of drug-likeness (QED) is 0.931. The Labute approximate surface area is 137 Å². The SMILES string of the molecule is Cl.NCc1ccc(C(=O)N2CCC3(CCC3)C2)c(C2CC2)n1. The molecule has 2 heterocycles. The molecule has 4 nitrogen and oxygen atoms in total. The highest BCUT2D eigenvalue weighted by molar-refractivity contribution is 5.95. The lowest BCUT2D eigenvalue weighted by atomic mass is 9.68. The third kappa shape index (κ3) is 2.63. The molecule has 1 saturated heterocycles. The van der Waals surface area contributed by atoms with Crippen molar-refractivity contribution in [3.8, 4) is 0 Å². The summed E-state index contributed by atoms with van der Waals surface area (Å²) < 4.78 is 0. The van der Waals surface area contributed by atoms with Gasteiger partial charge in [-0.25, -0.2) is 0 Å². The fraction of sp³-hybridized carbons (Fsp3) is 0.647. The van der Waals surface area contributed by atoms with E-state index in [1.54, 1.807) is 0 Å². The van der Waals surface area contributed by atoms with Crippen LogP contribution in [-0.4, -0.2) is 28.9 Å². The highest BCUT2D eigenvalue weighted by Crippen LogP contribution is 2.48. The molecule has 3 aliphatic rings. The number of hydrogen-bond acceptors (Lipinski definition) is 3. The zero-order chi connectivity index (χ0) is 14.4. The topological polar surface area (TPSA) is 59.2 Å². The Morgan fingerprint density at radius 3 is 2.64 bits per heavy atom. The molecule has 120 valence electrons. The van der Waals surface area contributed by atoms with Gasteiger partial charge in [0.2, 0.25) is 0 Å². The smallest absolute Gasteiger partial charge is 0.255 e. The number of halogens is 1. The van der Waals surface area contributed by atoms with E-state index in [0.29, 0.717) is 17.9 Å². The van der Waals surface area contributed by atoms with E-state index in [1.165, 1.54) is 25.7 Å². The van der Waals surface area contributed by atoms with Gasteiger partial charge in [0.15, 0.2) is 0 Å². The van der Waals surface area contributed by atoms with Gasteiger partial charge >= 0.3 is 0 Å². The van der Waals surface area contributed by atoms with Crippen LogP contribution in [0, 0.1) is 5.41 Å². The zero-order valence-electron chi connectivity index (χ0n) is 12.9. The van der Waals surface area contributed by atoms with E-state index in [1.807, 2.05) is 12.1 Å². The fourth-order valence-electron chi connectivity index (χ4n) is 3.84. The Balaban J connectivity index is 0.00000144. The van der Waals surface area contributed by atoms with Gasteiger partial charge in [0, 0.05) is 25.6 Å². The average Bonchev–Trinajstić information content (AvgIpc) is 3.22. The summed E-state index contributed by atoms with van der Waals surface area (Å²) in [6, 6.07) is 3.87. The normalized spacial score (nSPS) is 22.3. The van der Waals surface area contributed by atoms with Crippen LogP contribution < -0.4 is 5.73 Å². The summed E-state index contributed by atoms with van der Waals surface area (Å²) >= 11 is 0. The van der Waals surface area contributed by atoms with Gasteiger partial charge in [-0.2, -0.15) is 0 Å². The molecule has 4 rings (SSSR count). The van der Waals surface area contributed by atoms with E-state index in [4.69, 9.17) is 5.73 Å². The van der Waals surface area contributed by atoms with Gasteiger partial charge in [-0.3, -0.25) is 9.78 Å². The van der Waals surface area contributed by atoms with E-state index < -0.39 is 0 Å². The van der Waals surface area contributed by atoms with Crippen LogP contribution in [0.4, 0.5) is 0 Å². The molecular weight excluding hydrogens is 298 g/mol. The second-order valence-electron chi connectivity index (χ2n) is 7.04. The van der Waals surface area contributed by atoms with Crippen LogP contribution in [0.1, 0.15) is 66.2 Å². The van der Waals surface area contributed by atoms with Crippen LogP contribution in [0.25, 0.3) is 0 Å². The molecule has 0 unspecified atom stereocenters. The standard InChI is InChI=1S/C17H23N3O.ClH/c18-10-13-4-5-14(15(19-13)12-2-3-12)16(21)20-9-8-17(11-20)6-1-7-17;/h4-5,12H,1-3,6-11,18H2;1H. The van der Waals surface area contributed by atoms with Gasteiger partial charge in [0.25, 0.3) is 5.91 Å². The maximum atomic E-state index is 12.9. The van der Waals surface area contributed by atoms with Crippen LogP contribution >= 0.6 is 12.4 Å². The molecule has 0 bridgehead atoms. The second-order valence-corrected chi connectivity index (χ2v) is 7.04. The Morgan fingerprint density at radius 2 is 2.09 bits per heavy atom. The van der Waals surface area contributed by atoms with Gasteiger partial charge in [-0.05, 0) is 49.7 Å². The third-order valence-electron chi connectivity index (χ3n) is 5.53. The molecule has 2 aliphatic carbocycles. The van der Waals surface area contributed by atoms with Crippen molar-refractivity contribution in [2.24, 2.45) is 11.1 Å². The summed E-state index contributed by atoms with van der Waals surface area (Å²) in [5, 5.41) is 0.